The van der Waals surface area contributed by atoms with E-state index in [1.54, 1.807) is 6.07 Å². The number of hydrogen-bond donors (Lipinski definition) is 3. The summed E-state index contributed by atoms with van der Waals surface area (Å²) in [6.45, 7) is 3.66. The molecule has 0 radical (unpaired) electrons. The van der Waals surface area contributed by atoms with Crippen molar-refractivity contribution in [2.45, 2.75) is 24.8 Å². The molecule has 0 saturated carbocycles. The Hall–Kier alpha value is -3.35. The van der Waals surface area contributed by atoms with E-state index in [0.29, 0.717) is 16.3 Å². The molecule has 2 aromatic heterocycles. The zero-order valence-electron chi connectivity index (χ0n) is 19.8. The van der Waals surface area contributed by atoms with Gasteiger partial charge in [0.05, 0.1) is 16.3 Å². The van der Waals surface area contributed by atoms with Crippen molar-refractivity contribution >= 4 is 55.5 Å². The van der Waals surface area contributed by atoms with Crippen LogP contribution in [-0.4, -0.2) is 46.4 Å². The van der Waals surface area contributed by atoms with E-state index in [0.717, 1.165) is 23.8 Å². The zero-order chi connectivity index (χ0) is 27.0. The highest BCUT2D eigenvalue weighted by molar-refractivity contribution is 7.90. The van der Waals surface area contributed by atoms with Crippen LogP contribution in [0.15, 0.2) is 59.6 Å². The third-order valence-electron chi connectivity index (χ3n) is 4.79. The Morgan fingerprint density at radius 1 is 1.05 bits per heavy atom. The van der Waals surface area contributed by atoms with Crippen LogP contribution < -0.4 is 20.1 Å². The van der Waals surface area contributed by atoms with E-state index >= 15 is 0 Å². The molecule has 0 spiro atoms. The van der Waals surface area contributed by atoms with Gasteiger partial charge in [-0.15, -0.1) is 0 Å². The smallest absolute Gasteiger partial charge is 0.357 e. The maximum atomic E-state index is 13.0. The van der Waals surface area contributed by atoms with Crippen molar-refractivity contribution in [3.8, 4) is 17.2 Å². The molecule has 194 valence electrons. The minimum atomic E-state index is -4.49. The lowest BCUT2D eigenvalue weighted by atomic mass is 10.2. The van der Waals surface area contributed by atoms with Crippen molar-refractivity contribution in [2.75, 3.05) is 11.6 Å². The van der Waals surface area contributed by atoms with Crippen LogP contribution in [0.4, 0.5) is 5.13 Å². The van der Waals surface area contributed by atoms with E-state index in [-0.39, 0.29) is 38.3 Å². The molecule has 3 N–H and O–H groups in total. The minimum Gasteiger partial charge on any atom is -0.491 e. The summed E-state index contributed by atoms with van der Waals surface area (Å²) in [4.78, 5) is 40.5. The van der Waals surface area contributed by atoms with E-state index in [1.807, 2.05) is 13.8 Å². The fraction of sp³-hybridized carbons (Fsp3) is 0.174. The van der Waals surface area contributed by atoms with Gasteiger partial charge in [-0.1, -0.05) is 11.3 Å². The number of rotatable bonds is 8. The van der Waals surface area contributed by atoms with Crippen LogP contribution in [0.1, 0.15) is 24.2 Å². The summed E-state index contributed by atoms with van der Waals surface area (Å²) < 4.78 is 46.5. The van der Waals surface area contributed by atoms with E-state index in [2.05, 4.69) is 15.3 Å². The van der Waals surface area contributed by atoms with Gasteiger partial charge in [0, 0.05) is 24.1 Å². The van der Waals surface area contributed by atoms with E-state index in [1.165, 1.54) is 42.5 Å². The number of anilines is 1. The number of fused-ring (bicyclic) bond motifs is 1. The number of nitrogens with one attached hydrogen (secondary N) is 1. The average molecular weight is 564 g/mol. The van der Waals surface area contributed by atoms with E-state index in [4.69, 9.17) is 9.47 Å². The Bertz CT molecular complexity index is 1630. The Labute approximate surface area is 216 Å². The number of pyridine rings is 1. The number of sulfone groups is 1. The zero-order valence-corrected chi connectivity index (χ0v) is 22.3. The van der Waals surface area contributed by atoms with Crippen LogP contribution in [-0.2, 0) is 14.4 Å². The van der Waals surface area contributed by atoms with Crippen LogP contribution >= 0.6 is 18.9 Å². The third-order valence-corrected chi connectivity index (χ3v) is 7.73. The van der Waals surface area contributed by atoms with Gasteiger partial charge < -0.3 is 19.3 Å². The van der Waals surface area contributed by atoms with Gasteiger partial charge in [0.1, 0.15) is 27.6 Å². The molecule has 2 heterocycles. The highest BCUT2D eigenvalue weighted by atomic mass is 32.2. The fourth-order valence-corrected chi connectivity index (χ4v) is 5.10. The summed E-state index contributed by atoms with van der Waals surface area (Å²) in [5.41, 5.74) is 0.434. The standard InChI is InChI=1S/C23H22N3O8PS2/c1-13(2)33-16-8-14(9-17(10-16)34-15-4-6-19(7-5-15)37(3,31)32)21(27)26-23-25-20-11-18(35(28,29)30)12-24-22(20)36-23/h4-13H,1-3H3,(H,25,26,27)(H2,28,29,30). The Morgan fingerprint density at radius 2 is 1.73 bits per heavy atom. The molecule has 11 nitrogen and oxygen atoms in total. The fourth-order valence-electron chi connectivity index (χ4n) is 3.19. The van der Waals surface area contributed by atoms with Gasteiger partial charge in [-0.3, -0.25) is 14.7 Å². The first-order valence-electron chi connectivity index (χ1n) is 10.7. The van der Waals surface area contributed by atoms with Gasteiger partial charge in [0.15, 0.2) is 15.0 Å². The molecule has 4 rings (SSSR count). The molecule has 2 aromatic carbocycles. The number of ether oxygens (including phenoxy) is 2. The van der Waals surface area contributed by atoms with Crippen molar-refractivity contribution < 1.29 is 37.0 Å². The highest BCUT2D eigenvalue weighted by Crippen LogP contribution is 2.35. The monoisotopic (exact) mass is 563 g/mol. The first kappa shape index (κ1) is 26.7. The second-order valence-corrected chi connectivity index (χ2v) is 12.8. The predicted molar refractivity (Wildman–Crippen MR) is 139 cm³/mol. The lowest BCUT2D eigenvalue weighted by molar-refractivity contribution is 0.102. The number of nitrogens with zero attached hydrogens (tertiary/aromatic N) is 2. The number of benzene rings is 2. The molecule has 0 saturated heterocycles. The van der Waals surface area contributed by atoms with Gasteiger partial charge in [-0.25, -0.2) is 18.4 Å². The van der Waals surface area contributed by atoms with Crippen molar-refractivity contribution in [1.29, 1.82) is 0 Å². The van der Waals surface area contributed by atoms with Crippen LogP contribution in [0.3, 0.4) is 0 Å². The second kappa shape index (κ2) is 10.2. The minimum absolute atomic E-state index is 0.148. The Morgan fingerprint density at radius 3 is 2.35 bits per heavy atom. The average Bonchev–Trinajstić information content (AvgIpc) is 3.19. The molecule has 4 aromatic rings. The van der Waals surface area contributed by atoms with Crippen molar-refractivity contribution in [3.05, 3.63) is 60.3 Å². The normalized spacial score (nSPS) is 12.1. The van der Waals surface area contributed by atoms with Gasteiger partial charge in [0.2, 0.25) is 0 Å². The summed E-state index contributed by atoms with van der Waals surface area (Å²) in [6.07, 6.45) is 2.00. The predicted octanol–water partition coefficient (Wildman–Crippen LogP) is 3.73. The number of aromatic nitrogens is 2. The molecule has 14 heteroatoms. The van der Waals surface area contributed by atoms with Gasteiger partial charge >= 0.3 is 7.60 Å². The second-order valence-electron chi connectivity index (χ2n) is 8.24. The summed E-state index contributed by atoms with van der Waals surface area (Å²) >= 11 is 1.05. The van der Waals surface area contributed by atoms with Crippen LogP contribution in [0.2, 0.25) is 0 Å². The Kier molecular flexibility index (Phi) is 7.36. The summed E-state index contributed by atoms with van der Waals surface area (Å²) in [6, 6.07) is 11.7. The van der Waals surface area contributed by atoms with E-state index < -0.39 is 23.3 Å². The maximum absolute atomic E-state index is 13.0. The molecule has 0 fully saturated rings. The van der Waals surface area contributed by atoms with Gasteiger partial charge in [-0.05, 0) is 56.3 Å². The molecule has 0 aliphatic heterocycles. The molecule has 0 aliphatic rings. The number of thiazole rings is 1. The highest BCUT2D eigenvalue weighted by Gasteiger charge is 2.20. The Balaban J connectivity index is 1.60. The van der Waals surface area contributed by atoms with Crippen molar-refractivity contribution in [2.24, 2.45) is 0 Å². The molecular formula is C23H22N3O8PS2. The topological polar surface area (TPSA) is 165 Å². The largest absolute Gasteiger partial charge is 0.491 e. The number of hydrogen-bond acceptors (Lipinski definition) is 9. The third kappa shape index (κ3) is 6.70. The molecule has 0 aliphatic carbocycles. The molecular weight excluding hydrogens is 541 g/mol. The van der Waals surface area contributed by atoms with Gasteiger partial charge in [0.25, 0.3) is 5.91 Å². The molecule has 1 amide bonds. The molecule has 0 unspecified atom stereocenters. The van der Waals surface area contributed by atoms with Crippen LogP contribution in [0.25, 0.3) is 10.3 Å². The van der Waals surface area contributed by atoms with Crippen LogP contribution in [0, 0.1) is 0 Å². The summed E-state index contributed by atoms with van der Waals surface area (Å²) in [5.74, 6) is 0.495. The van der Waals surface area contributed by atoms with Gasteiger partial charge in [-0.2, -0.15) is 0 Å². The quantitative estimate of drug-likeness (QED) is 0.269. The first-order valence-corrected chi connectivity index (χ1v) is 15.0. The molecule has 37 heavy (non-hydrogen) atoms. The molecule has 0 atom stereocenters. The van der Waals surface area contributed by atoms with Crippen LogP contribution in [0.5, 0.6) is 17.2 Å². The summed E-state index contributed by atoms with van der Waals surface area (Å²) in [5, 5.41) is 2.57. The molecule has 0 bridgehead atoms. The number of carbonyl (C=O) groups excluding carboxylic acids is 1. The first-order chi connectivity index (χ1) is 17.3. The van der Waals surface area contributed by atoms with Crippen molar-refractivity contribution in [3.63, 3.8) is 0 Å². The lowest BCUT2D eigenvalue weighted by Gasteiger charge is -2.14. The SMILES string of the molecule is CC(C)Oc1cc(Oc2ccc(S(C)(=O)=O)cc2)cc(C(=O)Nc2nc3cc(P(=O)(O)O)cnc3s2)c1. The lowest BCUT2D eigenvalue weighted by Crippen LogP contribution is -2.13. The summed E-state index contributed by atoms with van der Waals surface area (Å²) in [7, 11) is -7.85. The number of amides is 1. The van der Waals surface area contributed by atoms with E-state index in [9.17, 15) is 27.6 Å². The number of carbonyl (C=O) groups is 1. The maximum Gasteiger partial charge on any atom is 0.357 e. The van der Waals surface area contributed by atoms with Crippen molar-refractivity contribution in [1.82, 2.24) is 9.97 Å².